The minimum absolute atomic E-state index is 0.614. The molecule has 0 unspecified atom stereocenters. The third-order valence-electron chi connectivity index (χ3n) is 4.97. The molecule has 0 bridgehead atoms. The first-order chi connectivity index (χ1) is 16.0. The number of aromatic nitrogens is 5. The molecule has 7 nitrogen and oxygen atoms in total. The Morgan fingerprint density at radius 1 is 1.13 bits per heavy atom. The Morgan fingerprint density at radius 2 is 2.07 bits per heavy atom. The van der Waals surface area contributed by atoms with E-state index in [-0.39, 0.29) is 0 Å². The van der Waals surface area contributed by atoms with Crippen molar-refractivity contribution in [2.24, 2.45) is 6.98 Å². The Hall–Kier alpha value is -3.87. The van der Waals surface area contributed by atoms with E-state index in [1.54, 1.807) is 18.7 Å². The standard InChI is InChI=1S/C23H22N6O/c1-29-15-18(14-26-29)17-6-4-16(5-7-17)13-25-20-10-11-24-23-22(20)27-21(28-23)9-8-19-3-2-12-30-19/h2-7,10-12,14-15H,8-9,13H2,1H3,(H2,24,25,27,28)/i1D3. The van der Waals surface area contributed by atoms with Crippen LogP contribution in [-0.2, 0) is 26.4 Å². The molecule has 0 saturated heterocycles. The van der Waals surface area contributed by atoms with Crippen molar-refractivity contribution in [1.29, 1.82) is 0 Å². The minimum atomic E-state index is -2.27. The van der Waals surface area contributed by atoms with Crippen molar-refractivity contribution in [2.45, 2.75) is 19.4 Å². The highest BCUT2D eigenvalue weighted by Crippen LogP contribution is 2.22. The molecule has 0 aliphatic heterocycles. The van der Waals surface area contributed by atoms with E-state index in [9.17, 15) is 0 Å². The second kappa shape index (κ2) is 7.87. The molecular weight excluding hydrogens is 376 g/mol. The molecule has 30 heavy (non-hydrogen) atoms. The van der Waals surface area contributed by atoms with E-state index in [1.165, 1.54) is 6.20 Å². The molecule has 5 aromatic rings. The number of anilines is 1. The highest BCUT2D eigenvalue weighted by Gasteiger charge is 2.09. The van der Waals surface area contributed by atoms with Gasteiger partial charge in [0.2, 0.25) is 0 Å². The van der Waals surface area contributed by atoms with Gasteiger partial charge in [0.25, 0.3) is 0 Å². The summed E-state index contributed by atoms with van der Waals surface area (Å²) in [6, 6.07) is 13.7. The smallest absolute Gasteiger partial charge is 0.159 e. The van der Waals surface area contributed by atoms with E-state index in [2.05, 4.69) is 20.4 Å². The Bertz CT molecular complexity index is 1350. The van der Waals surface area contributed by atoms with Crippen LogP contribution in [0.3, 0.4) is 0 Å². The van der Waals surface area contributed by atoms with E-state index >= 15 is 0 Å². The summed E-state index contributed by atoms with van der Waals surface area (Å²) in [6.07, 6.45) is 8.04. The van der Waals surface area contributed by atoms with Crippen LogP contribution in [0.4, 0.5) is 5.69 Å². The van der Waals surface area contributed by atoms with E-state index in [0.29, 0.717) is 6.54 Å². The van der Waals surface area contributed by atoms with Gasteiger partial charge in [0.05, 0.1) is 18.1 Å². The van der Waals surface area contributed by atoms with Gasteiger partial charge in [0, 0.05) is 48.4 Å². The van der Waals surface area contributed by atoms with Crippen molar-refractivity contribution < 1.29 is 8.53 Å². The fourth-order valence-corrected chi connectivity index (χ4v) is 3.40. The molecule has 0 saturated carbocycles. The van der Waals surface area contributed by atoms with E-state index in [0.717, 1.165) is 62.6 Å². The van der Waals surface area contributed by atoms with Crippen LogP contribution >= 0.6 is 0 Å². The highest BCUT2D eigenvalue weighted by molar-refractivity contribution is 5.85. The molecule has 2 N–H and O–H groups in total. The van der Waals surface area contributed by atoms with E-state index in [1.807, 2.05) is 42.5 Å². The van der Waals surface area contributed by atoms with E-state index in [4.69, 9.17) is 13.5 Å². The molecule has 0 spiro atoms. The van der Waals surface area contributed by atoms with Crippen LogP contribution in [0.25, 0.3) is 22.3 Å². The fraction of sp³-hybridized carbons (Fsp3) is 0.174. The maximum absolute atomic E-state index is 7.44. The van der Waals surface area contributed by atoms with Crippen LogP contribution < -0.4 is 5.32 Å². The lowest BCUT2D eigenvalue weighted by molar-refractivity contribution is 0.507. The van der Waals surface area contributed by atoms with Crippen molar-refractivity contribution in [1.82, 2.24) is 24.7 Å². The van der Waals surface area contributed by atoms with Crippen molar-refractivity contribution in [3.05, 3.63) is 84.5 Å². The molecule has 150 valence electrons. The number of benzene rings is 1. The number of rotatable bonds is 7. The van der Waals surface area contributed by atoms with Gasteiger partial charge in [-0.2, -0.15) is 5.10 Å². The summed E-state index contributed by atoms with van der Waals surface area (Å²) in [5.41, 5.74) is 5.22. The predicted octanol–water partition coefficient (Wildman–Crippen LogP) is 4.35. The summed E-state index contributed by atoms with van der Waals surface area (Å²) in [5.74, 6) is 1.79. The first-order valence-corrected chi connectivity index (χ1v) is 9.70. The second-order valence-electron chi connectivity index (χ2n) is 7.04. The zero-order chi connectivity index (χ0) is 22.8. The SMILES string of the molecule is [2H]C([2H])([2H])n1cc(-c2ccc(CNc3ccnc4[nH]c(CCc5ccco5)nc34)cc2)cn1. The molecule has 4 heterocycles. The van der Waals surface area contributed by atoms with Crippen LogP contribution in [0.1, 0.15) is 21.3 Å². The van der Waals surface area contributed by atoms with Crippen LogP contribution in [0.5, 0.6) is 0 Å². The van der Waals surface area contributed by atoms with Crippen molar-refractivity contribution in [3.8, 4) is 11.1 Å². The van der Waals surface area contributed by atoms with E-state index < -0.39 is 6.98 Å². The first kappa shape index (κ1) is 15.0. The number of aryl methyl sites for hydroxylation is 3. The molecule has 0 aliphatic carbocycles. The zero-order valence-electron chi connectivity index (χ0n) is 19.2. The van der Waals surface area contributed by atoms with Crippen molar-refractivity contribution >= 4 is 16.9 Å². The van der Waals surface area contributed by atoms with Crippen molar-refractivity contribution in [3.63, 3.8) is 0 Å². The number of nitrogens with one attached hydrogen (secondary N) is 2. The minimum Gasteiger partial charge on any atom is -0.469 e. The molecule has 0 fully saturated rings. The quantitative estimate of drug-likeness (QED) is 0.424. The molecule has 1 aromatic carbocycles. The molecule has 4 aromatic heterocycles. The summed E-state index contributed by atoms with van der Waals surface area (Å²) in [7, 11) is 0. The Balaban J connectivity index is 1.26. The number of fused-ring (bicyclic) bond motifs is 1. The Labute approximate surface area is 178 Å². The normalized spacial score (nSPS) is 13.1. The zero-order valence-corrected chi connectivity index (χ0v) is 16.2. The predicted molar refractivity (Wildman–Crippen MR) is 116 cm³/mol. The van der Waals surface area contributed by atoms with Gasteiger partial charge in [0.1, 0.15) is 17.1 Å². The van der Waals surface area contributed by atoms with Crippen molar-refractivity contribution in [2.75, 3.05) is 5.32 Å². The number of hydrogen-bond acceptors (Lipinski definition) is 5. The van der Waals surface area contributed by atoms with Gasteiger partial charge in [-0.3, -0.25) is 4.68 Å². The topological polar surface area (TPSA) is 84.6 Å². The van der Waals surface area contributed by atoms with Crippen LogP contribution in [-0.4, -0.2) is 24.7 Å². The number of pyridine rings is 1. The fourth-order valence-electron chi connectivity index (χ4n) is 3.40. The first-order valence-electron chi connectivity index (χ1n) is 11.2. The Kier molecular flexibility index (Phi) is 3.94. The average molecular weight is 401 g/mol. The molecule has 0 atom stereocenters. The van der Waals surface area contributed by atoms with Crippen LogP contribution in [0, 0.1) is 0 Å². The maximum atomic E-state index is 7.44. The third-order valence-corrected chi connectivity index (χ3v) is 4.97. The van der Waals surface area contributed by atoms with Crippen LogP contribution in [0.15, 0.2) is 71.7 Å². The van der Waals surface area contributed by atoms with Gasteiger partial charge < -0.3 is 14.7 Å². The molecule has 0 aliphatic rings. The number of imidazole rings is 1. The highest BCUT2D eigenvalue weighted by atomic mass is 16.3. The summed E-state index contributed by atoms with van der Waals surface area (Å²) in [4.78, 5) is 12.4. The van der Waals surface area contributed by atoms with Gasteiger partial charge in [-0.15, -0.1) is 0 Å². The molecule has 5 rings (SSSR count). The molecule has 0 amide bonds. The van der Waals surface area contributed by atoms with Crippen LogP contribution in [0.2, 0.25) is 0 Å². The maximum Gasteiger partial charge on any atom is 0.159 e. The second-order valence-corrected chi connectivity index (χ2v) is 7.04. The number of H-pyrrole nitrogens is 1. The average Bonchev–Trinajstić information content (AvgIpc) is 3.56. The third kappa shape index (κ3) is 3.82. The monoisotopic (exact) mass is 401 g/mol. The molecular formula is C23H22N6O. The summed E-state index contributed by atoms with van der Waals surface area (Å²) >= 11 is 0. The number of aromatic amines is 1. The summed E-state index contributed by atoms with van der Waals surface area (Å²) in [5, 5.41) is 7.38. The largest absolute Gasteiger partial charge is 0.469 e. The lowest BCUT2D eigenvalue weighted by atomic mass is 10.1. The number of nitrogens with zero attached hydrogens (tertiary/aromatic N) is 4. The molecule has 7 heteroatoms. The van der Waals surface area contributed by atoms with Gasteiger partial charge >= 0.3 is 0 Å². The summed E-state index contributed by atoms with van der Waals surface area (Å²) < 4.78 is 28.7. The molecule has 0 radical (unpaired) electrons. The lowest BCUT2D eigenvalue weighted by Crippen LogP contribution is -2.00. The number of hydrogen-bond donors (Lipinski definition) is 2. The Morgan fingerprint density at radius 3 is 2.87 bits per heavy atom. The van der Waals surface area contributed by atoms with Gasteiger partial charge in [-0.25, -0.2) is 9.97 Å². The van der Waals surface area contributed by atoms with Gasteiger partial charge in [0.15, 0.2) is 5.65 Å². The number of furan rings is 1. The summed E-state index contributed by atoms with van der Waals surface area (Å²) in [6.45, 7) is -1.66. The lowest BCUT2D eigenvalue weighted by Gasteiger charge is -2.07. The van der Waals surface area contributed by atoms with Gasteiger partial charge in [-0.05, 0) is 29.3 Å². The van der Waals surface area contributed by atoms with Gasteiger partial charge in [-0.1, -0.05) is 24.3 Å².